The molecule has 0 aliphatic carbocycles. The number of hydrogen-bond acceptors (Lipinski definition) is 2. The lowest BCUT2D eigenvalue weighted by Crippen LogP contribution is -1.89. The second kappa shape index (κ2) is 4.94. The molecule has 88 valence electrons. The van der Waals surface area contributed by atoms with Gasteiger partial charge in [-0.2, -0.15) is 0 Å². The van der Waals surface area contributed by atoms with Crippen LogP contribution in [0.15, 0.2) is 40.9 Å². The van der Waals surface area contributed by atoms with E-state index in [9.17, 15) is 4.39 Å². The number of nitrogens with two attached hydrogens (primary N) is 1. The number of ether oxygens (including phenoxy) is 1. The van der Waals surface area contributed by atoms with Gasteiger partial charge in [0.05, 0.1) is 9.50 Å². The third kappa shape index (κ3) is 2.90. The molecule has 0 saturated heterocycles. The third-order valence-electron chi connectivity index (χ3n) is 2.07. The zero-order valence-corrected chi connectivity index (χ0v) is 10.9. The molecule has 0 atom stereocenters. The number of rotatable bonds is 2. The number of hydrogen-bond donors (Lipinski definition) is 1. The van der Waals surface area contributed by atoms with Gasteiger partial charge in [-0.3, -0.25) is 0 Å². The molecule has 0 fully saturated rings. The van der Waals surface area contributed by atoms with Crippen molar-refractivity contribution in [2.24, 2.45) is 0 Å². The van der Waals surface area contributed by atoms with Crippen molar-refractivity contribution in [2.45, 2.75) is 0 Å². The van der Waals surface area contributed by atoms with Crippen molar-refractivity contribution >= 4 is 33.2 Å². The molecular formula is C12H8BrClFNO. The summed E-state index contributed by atoms with van der Waals surface area (Å²) in [5.41, 5.74) is 6.10. The maximum absolute atomic E-state index is 13.3. The minimum Gasteiger partial charge on any atom is -0.456 e. The van der Waals surface area contributed by atoms with E-state index in [2.05, 4.69) is 15.9 Å². The monoisotopic (exact) mass is 315 g/mol. The highest BCUT2D eigenvalue weighted by Crippen LogP contribution is 2.32. The molecule has 17 heavy (non-hydrogen) atoms. The van der Waals surface area contributed by atoms with Crippen LogP contribution in [0.5, 0.6) is 11.5 Å². The third-order valence-corrected chi connectivity index (χ3v) is 3.01. The molecule has 2 aromatic rings. The molecule has 0 radical (unpaired) electrons. The number of anilines is 1. The van der Waals surface area contributed by atoms with Gasteiger partial charge >= 0.3 is 0 Å². The maximum Gasteiger partial charge on any atom is 0.146 e. The number of nitrogen functional groups attached to an aromatic ring is 1. The summed E-state index contributed by atoms with van der Waals surface area (Å²) in [4.78, 5) is 0. The van der Waals surface area contributed by atoms with Crippen LogP contribution in [0.2, 0.25) is 5.02 Å². The summed E-state index contributed by atoms with van der Waals surface area (Å²) in [5.74, 6) is 0.411. The fourth-order valence-electron chi connectivity index (χ4n) is 1.27. The lowest BCUT2D eigenvalue weighted by atomic mass is 10.3. The molecule has 5 heteroatoms. The van der Waals surface area contributed by atoms with E-state index in [0.717, 1.165) is 0 Å². The molecule has 0 aliphatic rings. The molecule has 0 aliphatic heterocycles. The van der Waals surface area contributed by atoms with Crippen molar-refractivity contribution in [3.63, 3.8) is 0 Å². The molecule has 2 N–H and O–H groups in total. The topological polar surface area (TPSA) is 35.2 Å². The van der Waals surface area contributed by atoms with Gasteiger partial charge in [0.1, 0.15) is 17.3 Å². The van der Waals surface area contributed by atoms with E-state index in [-0.39, 0.29) is 0 Å². The van der Waals surface area contributed by atoms with E-state index in [4.69, 9.17) is 22.1 Å². The zero-order valence-electron chi connectivity index (χ0n) is 8.58. The SMILES string of the molecule is Nc1ccc(Oc2ccc(Br)c(F)c2)c(Cl)c1. The Balaban J connectivity index is 2.28. The smallest absolute Gasteiger partial charge is 0.146 e. The fraction of sp³-hybridized carbons (Fsp3) is 0. The van der Waals surface area contributed by atoms with Gasteiger partial charge in [-0.05, 0) is 46.3 Å². The summed E-state index contributed by atoms with van der Waals surface area (Å²) in [5, 5.41) is 0.383. The van der Waals surface area contributed by atoms with E-state index in [1.807, 2.05) is 0 Å². The summed E-state index contributed by atoms with van der Waals surface area (Å²) in [6, 6.07) is 9.35. The predicted molar refractivity (Wildman–Crippen MR) is 70.0 cm³/mol. The minimum absolute atomic E-state index is 0.373. The van der Waals surface area contributed by atoms with Crippen molar-refractivity contribution in [2.75, 3.05) is 5.73 Å². The van der Waals surface area contributed by atoms with Crippen molar-refractivity contribution in [1.29, 1.82) is 0 Å². The van der Waals surface area contributed by atoms with E-state index in [0.29, 0.717) is 26.7 Å². The molecule has 0 amide bonds. The zero-order chi connectivity index (χ0) is 12.4. The van der Waals surface area contributed by atoms with Crippen LogP contribution in [0.25, 0.3) is 0 Å². The van der Waals surface area contributed by atoms with Crippen LogP contribution < -0.4 is 10.5 Å². The van der Waals surface area contributed by atoms with E-state index >= 15 is 0 Å². The number of benzene rings is 2. The summed E-state index contributed by atoms with van der Waals surface area (Å²) < 4.78 is 19.1. The van der Waals surface area contributed by atoms with Crippen LogP contribution in [-0.2, 0) is 0 Å². The van der Waals surface area contributed by atoms with Crippen LogP contribution in [0.3, 0.4) is 0 Å². The Hall–Kier alpha value is -1.26. The van der Waals surface area contributed by atoms with Crippen LogP contribution in [0.1, 0.15) is 0 Å². The first-order valence-electron chi connectivity index (χ1n) is 4.74. The lowest BCUT2D eigenvalue weighted by Gasteiger charge is -2.08. The highest BCUT2D eigenvalue weighted by atomic mass is 79.9. The lowest BCUT2D eigenvalue weighted by molar-refractivity contribution is 0.476. The summed E-state index contributed by atoms with van der Waals surface area (Å²) in [7, 11) is 0. The second-order valence-corrected chi connectivity index (χ2v) is 4.63. The quantitative estimate of drug-likeness (QED) is 0.821. The van der Waals surface area contributed by atoms with Crippen LogP contribution in [-0.4, -0.2) is 0 Å². The van der Waals surface area contributed by atoms with E-state index in [1.165, 1.54) is 6.07 Å². The summed E-state index contributed by atoms with van der Waals surface area (Å²) in [6.07, 6.45) is 0. The summed E-state index contributed by atoms with van der Waals surface area (Å²) >= 11 is 9.01. The van der Waals surface area contributed by atoms with Crippen LogP contribution >= 0.6 is 27.5 Å². The second-order valence-electron chi connectivity index (χ2n) is 3.37. The molecule has 2 aromatic carbocycles. The Bertz CT molecular complexity index is 562. The van der Waals surface area contributed by atoms with Gasteiger partial charge in [-0.1, -0.05) is 11.6 Å². The van der Waals surface area contributed by atoms with Gasteiger partial charge in [0.25, 0.3) is 0 Å². The van der Waals surface area contributed by atoms with Crippen molar-refractivity contribution in [3.8, 4) is 11.5 Å². The average Bonchev–Trinajstić information content (AvgIpc) is 2.27. The van der Waals surface area contributed by atoms with Crippen LogP contribution in [0.4, 0.5) is 10.1 Å². The van der Waals surface area contributed by atoms with Gasteiger partial charge in [0, 0.05) is 11.8 Å². The van der Waals surface area contributed by atoms with Gasteiger partial charge in [0.15, 0.2) is 0 Å². The molecule has 0 saturated carbocycles. The van der Waals surface area contributed by atoms with Crippen molar-refractivity contribution in [3.05, 3.63) is 51.7 Å². The molecule has 0 spiro atoms. The highest BCUT2D eigenvalue weighted by Gasteiger charge is 2.06. The molecule has 0 unspecified atom stereocenters. The Morgan fingerprint density at radius 1 is 1.18 bits per heavy atom. The Labute approximate surface area is 111 Å². The molecule has 0 bridgehead atoms. The minimum atomic E-state index is -0.394. The van der Waals surface area contributed by atoms with E-state index in [1.54, 1.807) is 30.3 Å². The van der Waals surface area contributed by atoms with Gasteiger partial charge < -0.3 is 10.5 Å². The first-order valence-corrected chi connectivity index (χ1v) is 5.91. The molecule has 0 heterocycles. The van der Waals surface area contributed by atoms with Gasteiger partial charge in [-0.15, -0.1) is 0 Å². The first kappa shape index (κ1) is 12.2. The number of halogens is 3. The van der Waals surface area contributed by atoms with Crippen molar-refractivity contribution in [1.82, 2.24) is 0 Å². The molecular weight excluding hydrogens is 308 g/mol. The summed E-state index contributed by atoms with van der Waals surface area (Å²) in [6.45, 7) is 0. The van der Waals surface area contributed by atoms with Crippen LogP contribution in [0, 0.1) is 5.82 Å². The van der Waals surface area contributed by atoms with E-state index < -0.39 is 5.82 Å². The largest absolute Gasteiger partial charge is 0.456 e. The van der Waals surface area contributed by atoms with Gasteiger partial charge in [-0.25, -0.2) is 4.39 Å². The standard InChI is InChI=1S/C12H8BrClFNO/c13-9-3-2-8(6-11(9)15)17-12-4-1-7(16)5-10(12)14/h1-6H,16H2. The molecule has 0 aromatic heterocycles. The maximum atomic E-state index is 13.3. The average molecular weight is 317 g/mol. The Morgan fingerprint density at radius 3 is 2.59 bits per heavy atom. The normalized spacial score (nSPS) is 10.3. The highest BCUT2D eigenvalue weighted by molar-refractivity contribution is 9.10. The van der Waals surface area contributed by atoms with Gasteiger partial charge in [0.2, 0.25) is 0 Å². The predicted octanol–water partition coefficient (Wildman–Crippen LogP) is 4.62. The van der Waals surface area contributed by atoms with Crippen molar-refractivity contribution < 1.29 is 9.13 Å². The molecule has 2 nitrogen and oxygen atoms in total. The molecule has 2 rings (SSSR count). The Morgan fingerprint density at radius 2 is 1.94 bits per heavy atom. The Kier molecular flexibility index (Phi) is 3.54. The first-order chi connectivity index (χ1) is 8.06. The fourth-order valence-corrected chi connectivity index (χ4v) is 1.74.